The Balaban J connectivity index is 2.11. The summed E-state index contributed by atoms with van der Waals surface area (Å²) in [6.45, 7) is 2.15. The molecule has 1 fully saturated rings. The Morgan fingerprint density at radius 1 is 1.33 bits per heavy atom. The molecule has 134 valence electrons. The van der Waals surface area contributed by atoms with E-state index in [0.29, 0.717) is 19.0 Å². The lowest BCUT2D eigenvalue weighted by Gasteiger charge is -2.32. The van der Waals surface area contributed by atoms with Gasteiger partial charge in [0.15, 0.2) is 0 Å². The number of rotatable bonds is 6. The van der Waals surface area contributed by atoms with Crippen LogP contribution in [0.4, 0.5) is 10.1 Å². The van der Waals surface area contributed by atoms with E-state index in [0.717, 1.165) is 44.2 Å². The fourth-order valence-electron chi connectivity index (χ4n) is 2.93. The first-order chi connectivity index (χ1) is 11.3. The van der Waals surface area contributed by atoms with Gasteiger partial charge < -0.3 is 10.2 Å². The summed E-state index contributed by atoms with van der Waals surface area (Å²) in [5.74, 6) is -0.336. The molecule has 0 unspecified atom stereocenters. The fourth-order valence-corrected chi connectivity index (χ4v) is 3.50. The Hall–Kier alpha value is -1.67. The number of carbonyl (C=O) groups is 1. The van der Waals surface area contributed by atoms with Crippen molar-refractivity contribution >= 4 is 21.6 Å². The summed E-state index contributed by atoms with van der Waals surface area (Å²) < 4.78 is 38.7. The molecule has 1 aliphatic heterocycles. The van der Waals surface area contributed by atoms with Crippen molar-refractivity contribution < 1.29 is 17.6 Å². The summed E-state index contributed by atoms with van der Waals surface area (Å²) >= 11 is 0. The lowest BCUT2D eigenvalue weighted by Crippen LogP contribution is -2.39. The lowest BCUT2D eigenvalue weighted by atomic mass is 9.93. The summed E-state index contributed by atoms with van der Waals surface area (Å²) in [6.07, 6.45) is 3.87. The fraction of sp³-hybridized carbons (Fsp3) is 0.562. The molecular formula is C16H24FN3O3S. The van der Waals surface area contributed by atoms with E-state index in [-0.39, 0.29) is 17.2 Å². The molecule has 6 nitrogen and oxygen atoms in total. The molecule has 2 N–H and O–H groups in total. The number of carbonyl (C=O) groups excluding carboxylic acids is 1. The molecule has 1 amide bonds. The second-order valence-electron chi connectivity index (χ2n) is 6.19. The van der Waals surface area contributed by atoms with Gasteiger partial charge in [-0.2, -0.15) is 0 Å². The second kappa shape index (κ2) is 7.94. The van der Waals surface area contributed by atoms with Crippen LogP contribution in [0.3, 0.4) is 0 Å². The summed E-state index contributed by atoms with van der Waals surface area (Å²) in [6, 6.07) is 3.50. The molecule has 1 heterocycles. The maximum Gasteiger partial charge on any atom is 0.256 e. The van der Waals surface area contributed by atoms with E-state index in [1.165, 1.54) is 6.07 Å². The van der Waals surface area contributed by atoms with Gasteiger partial charge in [-0.3, -0.25) is 9.52 Å². The number of hydrogen-bond acceptors (Lipinski definition) is 4. The number of benzene rings is 1. The third-order valence-corrected chi connectivity index (χ3v) is 4.80. The van der Waals surface area contributed by atoms with Crippen LogP contribution in [0.1, 0.15) is 29.6 Å². The van der Waals surface area contributed by atoms with Crippen LogP contribution in [0.15, 0.2) is 18.2 Å². The predicted molar refractivity (Wildman–Crippen MR) is 92.0 cm³/mol. The van der Waals surface area contributed by atoms with Crippen LogP contribution in [0.2, 0.25) is 0 Å². The molecule has 0 radical (unpaired) electrons. The second-order valence-corrected chi connectivity index (χ2v) is 7.94. The largest absolute Gasteiger partial charge is 0.339 e. The van der Waals surface area contributed by atoms with Crippen LogP contribution >= 0.6 is 0 Å². The first-order valence-corrected chi connectivity index (χ1v) is 9.90. The zero-order valence-corrected chi connectivity index (χ0v) is 14.8. The maximum absolute atomic E-state index is 13.6. The van der Waals surface area contributed by atoms with Gasteiger partial charge in [0.1, 0.15) is 5.82 Å². The van der Waals surface area contributed by atoms with Gasteiger partial charge in [0.05, 0.1) is 17.5 Å². The zero-order chi connectivity index (χ0) is 17.7. The quantitative estimate of drug-likeness (QED) is 0.812. The molecule has 1 aromatic carbocycles. The van der Waals surface area contributed by atoms with Crippen molar-refractivity contribution in [2.45, 2.75) is 19.3 Å². The average Bonchev–Trinajstić information content (AvgIpc) is 2.53. The number of sulfonamides is 1. The monoisotopic (exact) mass is 357 g/mol. The minimum atomic E-state index is -3.55. The smallest absolute Gasteiger partial charge is 0.256 e. The molecule has 0 saturated carbocycles. The third kappa shape index (κ3) is 5.17. The van der Waals surface area contributed by atoms with E-state index in [9.17, 15) is 17.6 Å². The third-order valence-electron chi connectivity index (χ3n) is 4.21. The van der Waals surface area contributed by atoms with Crippen molar-refractivity contribution in [1.82, 2.24) is 10.2 Å². The molecule has 1 saturated heterocycles. The summed E-state index contributed by atoms with van der Waals surface area (Å²) in [5, 5.41) is 3.12. The van der Waals surface area contributed by atoms with Crippen LogP contribution in [0.25, 0.3) is 0 Å². The molecule has 0 atom stereocenters. The number of likely N-dealkylation sites (tertiary alicyclic amines) is 1. The van der Waals surface area contributed by atoms with Crippen molar-refractivity contribution in [2.75, 3.05) is 37.7 Å². The van der Waals surface area contributed by atoms with Crippen LogP contribution in [-0.4, -0.2) is 52.2 Å². The van der Waals surface area contributed by atoms with Gasteiger partial charge in [-0.05, 0) is 57.0 Å². The molecule has 1 aromatic rings. The lowest BCUT2D eigenvalue weighted by molar-refractivity contribution is 0.0687. The zero-order valence-electron chi connectivity index (χ0n) is 14.0. The summed E-state index contributed by atoms with van der Waals surface area (Å²) in [7, 11) is -1.63. The summed E-state index contributed by atoms with van der Waals surface area (Å²) in [4.78, 5) is 14.4. The predicted octanol–water partition coefficient (Wildman–Crippen LogP) is 1.66. The van der Waals surface area contributed by atoms with Gasteiger partial charge in [-0.15, -0.1) is 0 Å². The molecular weight excluding hydrogens is 333 g/mol. The van der Waals surface area contributed by atoms with Gasteiger partial charge >= 0.3 is 0 Å². The van der Waals surface area contributed by atoms with E-state index >= 15 is 0 Å². The van der Waals surface area contributed by atoms with Gasteiger partial charge in [0.2, 0.25) is 10.0 Å². The van der Waals surface area contributed by atoms with E-state index in [1.54, 1.807) is 4.90 Å². The van der Waals surface area contributed by atoms with Crippen molar-refractivity contribution in [1.29, 1.82) is 0 Å². The van der Waals surface area contributed by atoms with E-state index < -0.39 is 15.8 Å². The molecule has 2 rings (SSSR count). The topological polar surface area (TPSA) is 78.5 Å². The highest BCUT2D eigenvalue weighted by atomic mass is 32.2. The highest BCUT2D eigenvalue weighted by Crippen LogP contribution is 2.25. The minimum Gasteiger partial charge on any atom is -0.339 e. The van der Waals surface area contributed by atoms with Crippen LogP contribution < -0.4 is 10.0 Å². The average molecular weight is 357 g/mol. The van der Waals surface area contributed by atoms with Crippen molar-refractivity contribution in [3.63, 3.8) is 0 Å². The molecule has 0 aromatic heterocycles. The van der Waals surface area contributed by atoms with Crippen LogP contribution in [0.5, 0.6) is 0 Å². The van der Waals surface area contributed by atoms with Gasteiger partial charge in [0.25, 0.3) is 5.91 Å². The number of nitrogens with one attached hydrogen (secondary N) is 2. The van der Waals surface area contributed by atoms with Gasteiger partial charge in [-0.25, -0.2) is 12.8 Å². The van der Waals surface area contributed by atoms with Crippen LogP contribution in [0, 0.1) is 11.7 Å². The number of anilines is 1. The number of hydrogen-bond donors (Lipinski definition) is 2. The number of amides is 1. The van der Waals surface area contributed by atoms with E-state index in [2.05, 4.69) is 10.0 Å². The standard InChI is InChI=1S/C16H24FN3O3S/c1-18-8-5-12-6-9-20(10-7-12)16(21)14-11-13(17)3-4-15(14)19-24(2,22)23/h3-4,11-12,18-19H,5-10H2,1-2H3. The van der Waals surface area contributed by atoms with Crippen molar-refractivity contribution in [3.8, 4) is 0 Å². The Bertz CT molecular complexity index is 686. The highest BCUT2D eigenvalue weighted by Gasteiger charge is 2.25. The molecule has 1 aliphatic rings. The molecule has 8 heteroatoms. The van der Waals surface area contributed by atoms with Crippen LogP contribution in [-0.2, 0) is 10.0 Å². The molecule has 24 heavy (non-hydrogen) atoms. The highest BCUT2D eigenvalue weighted by molar-refractivity contribution is 7.92. The SMILES string of the molecule is CNCCC1CCN(C(=O)c2cc(F)ccc2NS(C)(=O)=O)CC1. The van der Waals surface area contributed by atoms with Crippen molar-refractivity contribution in [3.05, 3.63) is 29.6 Å². The minimum absolute atomic E-state index is 0.0501. The number of nitrogens with zero attached hydrogens (tertiary/aromatic N) is 1. The molecule has 0 bridgehead atoms. The first kappa shape index (κ1) is 18.7. The van der Waals surface area contributed by atoms with Crippen molar-refractivity contribution in [2.24, 2.45) is 5.92 Å². The Morgan fingerprint density at radius 2 is 2.00 bits per heavy atom. The van der Waals surface area contributed by atoms with Gasteiger partial charge in [-0.1, -0.05) is 0 Å². The normalized spacial score (nSPS) is 16.2. The van der Waals surface area contributed by atoms with E-state index in [1.807, 2.05) is 7.05 Å². The molecule has 0 aliphatic carbocycles. The molecule has 0 spiro atoms. The Morgan fingerprint density at radius 3 is 2.58 bits per heavy atom. The Kier molecular flexibility index (Phi) is 6.17. The number of halogens is 1. The number of piperidine rings is 1. The summed E-state index contributed by atoms with van der Waals surface area (Å²) in [5.41, 5.74) is 0.162. The Labute approximate surface area is 142 Å². The first-order valence-electron chi connectivity index (χ1n) is 8.01. The maximum atomic E-state index is 13.6. The van der Waals surface area contributed by atoms with Gasteiger partial charge in [0, 0.05) is 13.1 Å². The van der Waals surface area contributed by atoms with E-state index in [4.69, 9.17) is 0 Å².